The third-order valence-electron chi connectivity index (χ3n) is 4.39. The van der Waals surface area contributed by atoms with Crippen molar-refractivity contribution in [1.29, 1.82) is 0 Å². The van der Waals surface area contributed by atoms with Gasteiger partial charge in [0.25, 0.3) is 0 Å². The van der Waals surface area contributed by atoms with E-state index in [-0.39, 0.29) is 18.4 Å². The topological polar surface area (TPSA) is 65.5 Å². The van der Waals surface area contributed by atoms with E-state index in [0.717, 1.165) is 36.9 Å². The Morgan fingerprint density at radius 3 is 2.63 bits per heavy atom. The van der Waals surface area contributed by atoms with Gasteiger partial charge in [-0.1, -0.05) is 25.0 Å². The fourth-order valence-corrected chi connectivity index (χ4v) is 3.01. The highest BCUT2D eigenvalue weighted by Gasteiger charge is 2.26. The molecule has 3 N–H and O–H groups in total. The summed E-state index contributed by atoms with van der Waals surface area (Å²) in [6.07, 6.45) is -1.05. The molecule has 1 aromatic carbocycles. The number of guanidine groups is 1. The molecule has 0 spiro atoms. The summed E-state index contributed by atoms with van der Waals surface area (Å²) in [5, 5.41) is 8.55. The number of amides is 1. The molecule has 8 heteroatoms. The van der Waals surface area contributed by atoms with Crippen molar-refractivity contribution in [3.05, 3.63) is 29.8 Å². The van der Waals surface area contributed by atoms with E-state index in [2.05, 4.69) is 20.9 Å². The second-order valence-electron chi connectivity index (χ2n) is 6.66. The third kappa shape index (κ3) is 7.88. The Bertz CT molecular complexity index is 640. The minimum atomic E-state index is -4.20. The van der Waals surface area contributed by atoms with Crippen LogP contribution in [0.2, 0.25) is 0 Å². The maximum Gasteiger partial charge on any atom is 0.390 e. The van der Waals surface area contributed by atoms with Gasteiger partial charge in [0.2, 0.25) is 5.91 Å². The number of halogens is 3. The van der Waals surface area contributed by atoms with Crippen molar-refractivity contribution in [2.24, 2.45) is 10.9 Å². The van der Waals surface area contributed by atoms with E-state index in [1.54, 1.807) is 0 Å². The summed E-state index contributed by atoms with van der Waals surface area (Å²) in [4.78, 5) is 16.5. The van der Waals surface area contributed by atoms with E-state index >= 15 is 0 Å². The maximum atomic E-state index is 12.3. The Kier molecular flexibility index (Phi) is 7.94. The van der Waals surface area contributed by atoms with Crippen molar-refractivity contribution in [2.45, 2.75) is 51.7 Å². The monoisotopic (exact) mass is 384 g/mol. The fourth-order valence-electron chi connectivity index (χ4n) is 3.01. The van der Waals surface area contributed by atoms with Crippen LogP contribution in [0.3, 0.4) is 0 Å². The predicted octanol–water partition coefficient (Wildman–Crippen LogP) is 3.82. The van der Waals surface area contributed by atoms with Gasteiger partial charge >= 0.3 is 6.18 Å². The summed E-state index contributed by atoms with van der Waals surface area (Å²) >= 11 is 0. The number of nitrogens with zero attached hydrogens (tertiary/aromatic N) is 1. The number of benzene rings is 1. The lowest BCUT2D eigenvalue weighted by atomic mass is 10.1. The molecular formula is C19H27F3N4O. The minimum Gasteiger partial charge on any atom is -0.357 e. The fraction of sp³-hybridized carbons (Fsp3) is 0.579. The summed E-state index contributed by atoms with van der Waals surface area (Å²) in [6, 6.07) is 7.37. The summed E-state index contributed by atoms with van der Waals surface area (Å²) in [7, 11) is 0. The van der Waals surface area contributed by atoms with E-state index in [9.17, 15) is 18.0 Å². The number of carbonyl (C=O) groups excluding carboxylic acids is 1. The first-order valence-electron chi connectivity index (χ1n) is 9.36. The van der Waals surface area contributed by atoms with Gasteiger partial charge in [-0.15, -0.1) is 0 Å². The van der Waals surface area contributed by atoms with E-state index in [0.29, 0.717) is 19.0 Å². The number of hydrogen-bond acceptors (Lipinski definition) is 2. The Morgan fingerprint density at radius 2 is 1.96 bits per heavy atom. The molecule has 2 rings (SSSR count). The van der Waals surface area contributed by atoms with Gasteiger partial charge in [-0.05, 0) is 37.5 Å². The summed E-state index contributed by atoms with van der Waals surface area (Å²) < 4.78 is 36.8. The summed E-state index contributed by atoms with van der Waals surface area (Å²) in [6.45, 7) is 2.47. The molecule has 150 valence electrons. The molecule has 0 bridgehead atoms. The van der Waals surface area contributed by atoms with Crippen LogP contribution >= 0.6 is 0 Å². The zero-order valence-electron chi connectivity index (χ0n) is 15.5. The first-order chi connectivity index (χ1) is 12.9. The minimum absolute atomic E-state index is 0.0512. The SMILES string of the molecule is CCNC(=NCc1cccc(NC(=O)C2CCCC2)c1)NCCC(F)(F)F. The lowest BCUT2D eigenvalue weighted by Gasteiger charge is -2.13. The lowest BCUT2D eigenvalue weighted by Crippen LogP contribution is -2.38. The van der Waals surface area contributed by atoms with Gasteiger partial charge in [0.05, 0.1) is 13.0 Å². The molecule has 0 radical (unpaired) electrons. The van der Waals surface area contributed by atoms with Gasteiger partial charge < -0.3 is 16.0 Å². The van der Waals surface area contributed by atoms with Crippen LogP contribution in [0.25, 0.3) is 0 Å². The van der Waals surface area contributed by atoms with E-state index < -0.39 is 12.6 Å². The molecule has 1 aliphatic carbocycles. The van der Waals surface area contributed by atoms with Crippen LogP contribution in [-0.2, 0) is 11.3 Å². The van der Waals surface area contributed by atoms with Gasteiger partial charge in [0.15, 0.2) is 5.96 Å². The molecule has 0 heterocycles. The number of hydrogen-bond donors (Lipinski definition) is 3. The zero-order valence-corrected chi connectivity index (χ0v) is 15.5. The van der Waals surface area contributed by atoms with Crippen molar-refractivity contribution >= 4 is 17.6 Å². The second kappa shape index (κ2) is 10.2. The standard InChI is InChI=1S/C19H27F3N4O/c1-2-23-18(24-11-10-19(20,21)22)25-13-14-6-5-9-16(12-14)26-17(27)15-7-3-4-8-15/h5-6,9,12,15H,2-4,7-8,10-11,13H2,1H3,(H,26,27)(H2,23,24,25). The van der Waals surface area contributed by atoms with Crippen molar-refractivity contribution < 1.29 is 18.0 Å². The molecule has 0 aromatic heterocycles. The quantitative estimate of drug-likeness (QED) is 0.495. The molecule has 1 aliphatic rings. The number of rotatable bonds is 7. The number of nitrogens with one attached hydrogen (secondary N) is 3. The Labute approximate surface area is 157 Å². The van der Waals surface area contributed by atoms with E-state index in [4.69, 9.17) is 0 Å². The molecule has 5 nitrogen and oxygen atoms in total. The van der Waals surface area contributed by atoms with Gasteiger partial charge in [-0.25, -0.2) is 4.99 Å². The highest BCUT2D eigenvalue weighted by molar-refractivity contribution is 5.92. The number of anilines is 1. The first-order valence-corrected chi connectivity index (χ1v) is 9.36. The Balaban J connectivity index is 1.91. The maximum absolute atomic E-state index is 12.3. The number of aliphatic imine (C=N–C) groups is 1. The third-order valence-corrected chi connectivity index (χ3v) is 4.39. The van der Waals surface area contributed by atoms with Gasteiger partial charge in [0.1, 0.15) is 0 Å². The Morgan fingerprint density at radius 1 is 1.22 bits per heavy atom. The van der Waals surface area contributed by atoms with Crippen LogP contribution in [0.15, 0.2) is 29.3 Å². The highest BCUT2D eigenvalue weighted by Crippen LogP contribution is 2.26. The summed E-state index contributed by atoms with van der Waals surface area (Å²) in [5.74, 6) is 0.474. The van der Waals surface area contributed by atoms with Crippen LogP contribution < -0.4 is 16.0 Å². The first kappa shape index (κ1) is 21.1. The average molecular weight is 384 g/mol. The van der Waals surface area contributed by atoms with Crippen LogP contribution in [0.5, 0.6) is 0 Å². The lowest BCUT2D eigenvalue weighted by molar-refractivity contribution is -0.132. The van der Waals surface area contributed by atoms with E-state index in [1.165, 1.54) is 0 Å². The second-order valence-corrected chi connectivity index (χ2v) is 6.66. The van der Waals surface area contributed by atoms with Crippen molar-refractivity contribution in [3.63, 3.8) is 0 Å². The molecule has 27 heavy (non-hydrogen) atoms. The molecule has 0 atom stereocenters. The van der Waals surface area contributed by atoms with Crippen molar-refractivity contribution in [3.8, 4) is 0 Å². The van der Waals surface area contributed by atoms with Crippen LogP contribution in [0.4, 0.5) is 18.9 Å². The van der Waals surface area contributed by atoms with Crippen LogP contribution in [-0.4, -0.2) is 31.1 Å². The molecule has 1 saturated carbocycles. The largest absolute Gasteiger partial charge is 0.390 e. The van der Waals surface area contributed by atoms with Gasteiger partial charge in [0, 0.05) is 24.7 Å². The van der Waals surface area contributed by atoms with Crippen LogP contribution in [0, 0.1) is 5.92 Å². The normalized spacial score (nSPS) is 15.6. The molecule has 1 fully saturated rings. The zero-order chi connectivity index (χ0) is 19.7. The van der Waals surface area contributed by atoms with Crippen molar-refractivity contribution in [1.82, 2.24) is 10.6 Å². The molecule has 0 unspecified atom stereocenters. The van der Waals surface area contributed by atoms with Gasteiger partial charge in [-0.2, -0.15) is 13.2 Å². The van der Waals surface area contributed by atoms with Gasteiger partial charge in [-0.3, -0.25) is 4.79 Å². The molecule has 0 aliphatic heterocycles. The molecular weight excluding hydrogens is 357 g/mol. The summed E-state index contributed by atoms with van der Waals surface area (Å²) in [5.41, 5.74) is 1.59. The molecule has 1 amide bonds. The van der Waals surface area contributed by atoms with Crippen LogP contribution in [0.1, 0.15) is 44.6 Å². The molecule has 0 saturated heterocycles. The van der Waals surface area contributed by atoms with E-state index in [1.807, 2.05) is 31.2 Å². The number of alkyl halides is 3. The predicted molar refractivity (Wildman–Crippen MR) is 101 cm³/mol. The highest BCUT2D eigenvalue weighted by atomic mass is 19.4. The van der Waals surface area contributed by atoms with Crippen molar-refractivity contribution in [2.75, 3.05) is 18.4 Å². The molecule has 1 aromatic rings. The smallest absolute Gasteiger partial charge is 0.357 e. The average Bonchev–Trinajstić information content (AvgIpc) is 3.14. The Hall–Kier alpha value is -2.25. The number of carbonyl (C=O) groups is 1.